The maximum atomic E-state index is 15.6. The Morgan fingerprint density at radius 3 is 2.15 bits per heavy atom. The van der Waals surface area contributed by atoms with Gasteiger partial charge >= 0.3 is 0 Å². The Bertz CT molecular complexity index is 2240. The minimum atomic E-state index is -1.28. The molecule has 2 N–H and O–H groups in total. The summed E-state index contributed by atoms with van der Waals surface area (Å²) < 4.78 is 15.6. The molecule has 3 aromatic carbocycles. The minimum Gasteiger partial charge on any atom is -0.372 e. The maximum absolute atomic E-state index is 15.6. The summed E-state index contributed by atoms with van der Waals surface area (Å²) in [4.78, 5) is 63.9. The molecule has 2 atom stereocenters. The first-order valence-electron chi connectivity index (χ1n) is 21.2. The van der Waals surface area contributed by atoms with Crippen molar-refractivity contribution < 1.29 is 28.7 Å². The van der Waals surface area contributed by atoms with Crippen LogP contribution < -0.4 is 20.0 Å². The SMILES string of the molecule is N#Cc1ccc(N2CCC3(CCN(C(=O)c4ccc(N5CCN(CC6CCN(c7ccc8c(c7)C(=O)N(C7CCC(=O)NC7O)C8=O)CC6)CC5)cc4F)CC3)C2)cc1Cl. The number of imide groups is 1. The number of hydrogen-bond donors (Lipinski definition) is 2. The molecule has 4 amide bonds. The summed E-state index contributed by atoms with van der Waals surface area (Å²) in [6.07, 6.45) is 3.82. The fraction of sp³-hybridized carbons (Fsp3) is 0.489. The summed E-state index contributed by atoms with van der Waals surface area (Å²) in [5, 5.41) is 22.5. The second kappa shape index (κ2) is 16.3. The minimum absolute atomic E-state index is 0.0998. The fourth-order valence-electron chi connectivity index (χ4n) is 10.3. The molecule has 13 nitrogen and oxygen atoms in total. The van der Waals surface area contributed by atoms with Gasteiger partial charge in [-0.15, -0.1) is 0 Å². The molecule has 15 heteroatoms. The van der Waals surface area contributed by atoms with E-state index in [1.54, 1.807) is 29.2 Å². The predicted molar refractivity (Wildman–Crippen MR) is 225 cm³/mol. The summed E-state index contributed by atoms with van der Waals surface area (Å²) in [5.74, 6) is -1.39. The molecule has 0 radical (unpaired) electrons. The van der Waals surface area contributed by atoms with Gasteiger partial charge in [-0.2, -0.15) is 5.26 Å². The van der Waals surface area contributed by atoms with E-state index in [-0.39, 0.29) is 35.6 Å². The molecular weight excluding hydrogens is 787 g/mol. The molecule has 0 saturated carbocycles. The number of amides is 4. The number of nitrogens with zero attached hydrogens (tertiary/aromatic N) is 7. The van der Waals surface area contributed by atoms with Crippen LogP contribution in [0, 0.1) is 28.5 Å². The number of rotatable bonds is 7. The number of nitrogens with one attached hydrogen (secondary N) is 1. The second-order valence-electron chi connectivity index (χ2n) is 17.5. The van der Waals surface area contributed by atoms with Crippen LogP contribution in [0.4, 0.5) is 21.5 Å². The van der Waals surface area contributed by atoms with Crippen molar-refractivity contribution in [2.24, 2.45) is 11.3 Å². The van der Waals surface area contributed by atoms with Crippen molar-refractivity contribution in [1.29, 1.82) is 5.26 Å². The molecule has 6 aliphatic rings. The van der Waals surface area contributed by atoms with E-state index in [2.05, 4.69) is 31.0 Å². The van der Waals surface area contributed by atoms with Gasteiger partial charge in [-0.05, 0) is 104 Å². The lowest BCUT2D eigenvalue weighted by Crippen LogP contribution is -2.57. The Morgan fingerprint density at radius 1 is 0.800 bits per heavy atom. The average Bonchev–Trinajstić information content (AvgIpc) is 3.78. The standard InChI is InChI=1S/C45H50ClFN8O5/c46-37-24-32(2-1-30(37)26-48)54-18-13-45(28-54)11-16-53(17-12-45)42(58)35-6-4-33(25-38(35)47)52-21-19-50(20-22-52)27-29-9-14-51(15-10-29)31-3-5-34-36(23-31)44(60)55(43(34)59)39-7-8-40(56)49-41(39)57/h1-6,23-25,29,39,41,57H,7-22,27-28H2,(H,49,56). The van der Waals surface area contributed by atoms with Crippen LogP contribution in [0.2, 0.25) is 5.02 Å². The third-order valence-electron chi connectivity index (χ3n) is 14.0. The van der Waals surface area contributed by atoms with E-state index in [1.807, 2.05) is 24.3 Å². The second-order valence-corrected chi connectivity index (χ2v) is 17.9. The normalized spacial score (nSPS) is 23.6. The lowest BCUT2D eigenvalue weighted by Gasteiger charge is -2.40. The molecular formula is C45H50ClFN8O5. The van der Waals surface area contributed by atoms with E-state index in [1.165, 1.54) is 6.07 Å². The van der Waals surface area contributed by atoms with Crippen molar-refractivity contribution in [2.45, 2.75) is 57.2 Å². The van der Waals surface area contributed by atoms with Gasteiger partial charge in [-0.3, -0.25) is 29.0 Å². The highest BCUT2D eigenvalue weighted by atomic mass is 35.5. The van der Waals surface area contributed by atoms with Crippen LogP contribution in [0.3, 0.4) is 0 Å². The quantitative estimate of drug-likeness (QED) is 0.321. The number of aliphatic hydroxyl groups is 1. The lowest BCUT2D eigenvalue weighted by molar-refractivity contribution is -0.129. The van der Waals surface area contributed by atoms with E-state index < -0.39 is 29.9 Å². The Morgan fingerprint density at radius 2 is 1.45 bits per heavy atom. The highest BCUT2D eigenvalue weighted by Gasteiger charge is 2.45. The van der Waals surface area contributed by atoms with Gasteiger partial charge in [-0.1, -0.05) is 11.6 Å². The van der Waals surface area contributed by atoms with Crippen LogP contribution in [-0.2, 0) is 4.79 Å². The van der Waals surface area contributed by atoms with Crippen molar-refractivity contribution in [3.63, 3.8) is 0 Å². The molecule has 0 bridgehead atoms. The van der Waals surface area contributed by atoms with Crippen molar-refractivity contribution in [1.82, 2.24) is 20.0 Å². The highest BCUT2D eigenvalue weighted by molar-refractivity contribution is 6.32. The monoisotopic (exact) mass is 836 g/mol. The third kappa shape index (κ3) is 7.67. The third-order valence-corrected chi connectivity index (χ3v) is 14.3. The van der Waals surface area contributed by atoms with Gasteiger partial charge in [-0.25, -0.2) is 4.39 Å². The van der Waals surface area contributed by atoms with Gasteiger partial charge in [0.05, 0.1) is 33.3 Å². The first-order valence-corrected chi connectivity index (χ1v) is 21.6. The molecule has 1 spiro atoms. The number of halogens is 2. The molecule has 0 aromatic heterocycles. The number of piperazine rings is 1. The zero-order chi connectivity index (χ0) is 41.7. The van der Waals surface area contributed by atoms with Crippen LogP contribution >= 0.6 is 11.6 Å². The van der Waals surface area contributed by atoms with Gasteiger partial charge in [0.2, 0.25) is 5.91 Å². The molecule has 6 aliphatic heterocycles. The lowest BCUT2D eigenvalue weighted by atomic mass is 9.77. The summed E-state index contributed by atoms with van der Waals surface area (Å²) in [7, 11) is 0. The zero-order valence-electron chi connectivity index (χ0n) is 33.6. The fourth-order valence-corrected chi connectivity index (χ4v) is 10.5. The molecule has 9 rings (SSSR count). The number of carbonyl (C=O) groups is 4. The van der Waals surface area contributed by atoms with E-state index in [9.17, 15) is 29.5 Å². The Kier molecular flexibility index (Phi) is 10.9. The Balaban J connectivity index is 0.725. The molecule has 5 fully saturated rings. The van der Waals surface area contributed by atoms with Gasteiger partial charge in [0.25, 0.3) is 17.7 Å². The molecule has 5 saturated heterocycles. The summed E-state index contributed by atoms with van der Waals surface area (Å²) >= 11 is 6.31. The number of piperidine rings is 3. The predicted octanol–water partition coefficient (Wildman–Crippen LogP) is 4.72. The molecule has 314 valence electrons. The number of fused-ring (bicyclic) bond motifs is 1. The number of anilines is 3. The number of carbonyl (C=O) groups excluding carboxylic acids is 4. The maximum Gasteiger partial charge on any atom is 0.262 e. The highest BCUT2D eigenvalue weighted by Crippen LogP contribution is 2.43. The van der Waals surface area contributed by atoms with Crippen LogP contribution in [0.15, 0.2) is 54.6 Å². The number of aliphatic hydroxyl groups excluding tert-OH is 1. The Hall–Kier alpha value is -5.23. The Labute approximate surface area is 354 Å². The van der Waals surface area contributed by atoms with Crippen molar-refractivity contribution in [2.75, 3.05) is 86.7 Å². The molecule has 3 aromatic rings. The van der Waals surface area contributed by atoms with Gasteiger partial charge < -0.3 is 30.0 Å². The van der Waals surface area contributed by atoms with Crippen molar-refractivity contribution >= 4 is 52.3 Å². The summed E-state index contributed by atoms with van der Waals surface area (Å²) in [6.45, 7) is 8.88. The first-order chi connectivity index (χ1) is 29.0. The van der Waals surface area contributed by atoms with Crippen LogP contribution in [0.25, 0.3) is 0 Å². The smallest absolute Gasteiger partial charge is 0.262 e. The first kappa shape index (κ1) is 40.2. The largest absolute Gasteiger partial charge is 0.372 e. The van der Waals surface area contributed by atoms with Crippen LogP contribution in [0.5, 0.6) is 0 Å². The number of hydrogen-bond acceptors (Lipinski definition) is 10. The van der Waals surface area contributed by atoms with Gasteiger partial charge in [0, 0.05) is 95.5 Å². The van der Waals surface area contributed by atoms with E-state index in [0.29, 0.717) is 40.7 Å². The topological polar surface area (TPSA) is 144 Å². The summed E-state index contributed by atoms with van der Waals surface area (Å²) in [6, 6.07) is 17.3. The zero-order valence-corrected chi connectivity index (χ0v) is 34.4. The van der Waals surface area contributed by atoms with Crippen molar-refractivity contribution in [3.05, 3.63) is 87.7 Å². The summed E-state index contributed by atoms with van der Waals surface area (Å²) in [5.41, 5.74) is 4.05. The molecule has 0 aliphatic carbocycles. The van der Waals surface area contributed by atoms with E-state index in [0.717, 1.165) is 113 Å². The van der Waals surface area contributed by atoms with Crippen molar-refractivity contribution in [3.8, 4) is 6.07 Å². The molecule has 60 heavy (non-hydrogen) atoms. The molecule has 2 unspecified atom stereocenters. The van der Waals surface area contributed by atoms with Gasteiger partial charge in [0.1, 0.15) is 18.1 Å². The number of likely N-dealkylation sites (tertiary alicyclic amines) is 1. The van der Waals surface area contributed by atoms with Crippen LogP contribution in [-0.4, -0.2) is 128 Å². The van der Waals surface area contributed by atoms with E-state index >= 15 is 4.39 Å². The molecule has 6 heterocycles. The average molecular weight is 837 g/mol. The van der Waals surface area contributed by atoms with Crippen LogP contribution in [0.1, 0.15) is 81.6 Å². The number of benzene rings is 3. The number of nitriles is 1. The van der Waals surface area contributed by atoms with E-state index in [4.69, 9.17) is 11.6 Å². The van der Waals surface area contributed by atoms with Gasteiger partial charge in [0.15, 0.2) is 0 Å².